The van der Waals surface area contributed by atoms with E-state index >= 15 is 0 Å². The molecule has 1 N–H and O–H groups in total. The van der Waals surface area contributed by atoms with E-state index < -0.39 is 5.97 Å². The number of aliphatic carboxylic acids is 1. The van der Waals surface area contributed by atoms with Crippen molar-refractivity contribution in [3.05, 3.63) is 83.2 Å². The number of carboxylic acid groups (broad SMARTS) is 1. The van der Waals surface area contributed by atoms with Gasteiger partial charge in [-0.25, -0.2) is 4.52 Å². The normalized spacial score (nSPS) is 11.2. The van der Waals surface area contributed by atoms with Crippen LogP contribution < -0.4 is 0 Å². The van der Waals surface area contributed by atoms with Gasteiger partial charge < -0.3 is 9.84 Å². The van der Waals surface area contributed by atoms with E-state index in [1.165, 1.54) is 0 Å². The van der Waals surface area contributed by atoms with Crippen LogP contribution >= 0.6 is 0 Å². The molecule has 0 aliphatic carbocycles. The van der Waals surface area contributed by atoms with Gasteiger partial charge in [0.15, 0.2) is 0 Å². The molecular formula is C25H26N4O3. The summed E-state index contributed by atoms with van der Waals surface area (Å²) in [6.07, 6.45) is 6.57. The lowest BCUT2D eigenvalue weighted by atomic mass is 9.95. The molecule has 4 heterocycles. The first-order valence-electron chi connectivity index (χ1n) is 10.7. The highest BCUT2D eigenvalue weighted by atomic mass is 16.5. The Kier molecular flexibility index (Phi) is 6.56. The SMILES string of the molecule is CCc1ccc2c(-c3cncc(C)c3)c(CCC(=O)O)c(COCc3ccccn3)nn12. The second kappa shape index (κ2) is 9.70. The molecule has 0 saturated heterocycles. The number of rotatable bonds is 9. The third-order valence-corrected chi connectivity index (χ3v) is 5.39. The molecule has 4 aromatic rings. The van der Waals surface area contributed by atoms with Crippen LogP contribution in [0.15, 0.2) is 55.0 Å². The summed E-state index contributed by atoms with van der Waals surface area (Å²) in [5, 5.41) is 14.3. The zero-order valence-corrected chi connectivity index (χ0v) is 18.3. The maximum atomic E-state index is 11.4. The fourth-order valence-corrected chi connectivity index (χ4v) is 3.89. The molecule has 0 aromatic carbocycles. The first kappa shape index (κ1) is 21.6. The van der Waals surface area contributed by atoms with Gasteiger partial charge in [0.2, 0.25) is 0 Å². The van der Waals surface area contributed by atoms with Crippen molar-refractivity contribution in [1.82, 2.24) is 19.6 Å². The zero-order valence-electron chi connectivity index (χ0n) is 18.3. The summed E-state index contributed by atoms with van der Waals surface area (Å²) in [5.74, 6) is -0.844. The largest absolute Gasteiger partial charge is 0.481 e. The van der Waals surface area contributed by atoms with Crippen molar-refractivity contribution in [2.45, 2.75) is 46.3 Å². The predicted octanol–water partition coefficient (Wildman–Crippen LogP) is 4.40. The highest BCUT2D eigenvalue weighted by molar-refractivity contribution is 5.84. The number of pyridine rings is 2. The number of hydrogen-bond donors (Lipinski definition) is 1. The number of carboxylic acids is 1. The van der Waals surface area contributed by atoms with Crippen molar-refractivity contribution in [3.8, 4) is 11.1 Å². The lowest BCUT2D eigenvalue weighted by Crippen LogP contribution is -2.12. The number of nitrogens with zero attached hydrogens (tertiary/aromatic N) is 4. The van der Waals surface area contributed by atoms with Crippen LogP contribution in [0.5, 0.6) is 0 Å². The summed E-state index contributed by atoms with van der Waals surface area (Å²) in [6, 6.07) is 11.9. The Morgan fingerprint density at radius 1 is 1.16 bits per heavy atom. The average Bonchev–Trinajstić information content (AvgIpc) is 3.20. The first-order chi connectivity index (χ1) is 15.6. The predicted molar refractivity (Wildman–Crippen MR) is 121 cm³/mol. The van der Waals surface area contributed by atoms with Gasteiger partial charge in [-0.05, 0) is 61.2 Å². The number of carbonyl (C=O) groups is 1. The molecule has 0 aliphatic rings. The Balaban J connectivity index is 1.82. The fourth-order valence-electron chi connectivity index (χ4n) is 3.89. The van der Waals surface area contributed by atoms with Crippen molar-refractivity contribution in [1.29, 1.82) is 0 Å². The molecule has 4 rings (SSSR count). The second-order valence-electron chi connectivity index (χ2n) is 7.73. The summed E-state index contributed by atoms with van der Waals surface area (Å²) >= 11 is 0. The standard InChI is InChI=1S/C25H26N4O3/c1-3-20-7-9-23-25(18-12-17(2)13-26-14-18)21(8-10-24(30)31)22(28-29(20)23)16-32-15-19-6-4-5-11-27-19/h4-7,9,11-14H,3,8,10,15-16H2,1-2H3,(H,30,31). The van der Waals surface area contributed by atoms with Crippen LogP contribution in [0, 0.1) is 6.92 Å². The molecule has 164 valence electrons. The van der Waals surface area contributed by atoms with Crippen LogP contribution in [0.2, 0.25) is 0 Å². The Morgan fingerprint density at radius 3 is 2.75 bits per heavy atom. The quantitative estimate of drug-likeness (QED) is 0.423. The van der Waals surface area contributed by atoms with Crippen LogP contribution in [0.3, 0.4) is 0 Å². The average molecular weight is 431 g/mol. The monoisotopic (exact) mass is 430 g/mol. The van der Waals surface area contributed by atoms with Crippen LogP contribution in [-0.2, 0) is 35.6 Å². The molecule has 0 aliphatic heterocycles. The van der Waals surface area contributed by atoms with Gasteiger partial charge in [-0.3, -0.25) is 14.8 Å². The van der Waals surface area contributed by atoms with Crippen LogP contribution in [0.25, 0.3) is 16.6 Å². The molecule has 0 amide bonds. The van der Waals surface area contributed by atoms with E-state index in [9.17, 15) is 9.90 Å². The van der Waals surface area contributed by atoms with E-state index in [0.717, 1.165) is 51.3 Å². The molecule has 0 fully saturated rings. The van der Waals surface area contributed by atoms with Gasteiger partial charge in [-0.2, -0.15) is 5.10 Å². The highest BCUT2D eigenvalue weighted by Crippen LogP contribution is 2.33. The molecule has 4 aromatic heterocycles. The maximum absolute atomic E-state index is 11.4. The van der Waals surface area contributed by atoms with Crippen molar-refractivity contribution in [2.75, 3.05) is 0 Å². The lowest BCUT2D eigenvalue weighted by Gasteiger charge is -2.17. The lowest BCUT2D eigenvalue weighted by molar-refractivity contribution is -0.136. The minimum atomic E-state index is -0.844. The van der Waals surface area contributed by atoms with E-state index in [-0.39, 0.29) is 13.0 Å². The summed E-state index contributed by atoms with van der Waals surface area (Å²) < 4.78 is 7.91. The number of fused-ring (bicyclic) bond motifs is 1. The topological polar surface area (TPSA) is 89.6 Å². The fraction of sp³-hybridized carbons (Fsp3) is 0.280. The smallest absolute Gasteiger partial charge is 0.303 e. The number of aryl methyl sites for hydroxylation is 2. The van der Waals surface area contributed by atoms with Crippen molar-refractivity contribution in [3.63, 3.8) is 0 Å². The van der Waals surface area contributed by atoms with Gasteiger partial charge >= 0.3 is 5.97 Å². The summed E-state index contributed by atoms with van der Waals surface area (Å²) in [6.45, 7) is 4.70. The van der Waals surface area contributed by atoms with Crippen molar-refractivity contribution < 1.29 is 14.6 Å². The van der Waals surface area contributed by atoms with E-state index in [0.29, 0.717) is 13.0 Å². The maximum Gasteiger partial charge on any atom is 0.303 e. The number of hydrogen-bond acceptors (Lipinski definition) is 5. The van der Waals surface area contributed by atoms with Crippen LogP contribution in [-0.4, -0.2) is 30.7 Å². The van der Waals surface area contributed by atoms with Gasteiger partial charge in [0.1, 0.15) is 0 Å². The Bertz CT molecular complexity index is 1230. The van der Waals surface area contributed by atoms with Crippen molar-refractivity contribution in [2.24, 2.45) is 0 Å². The molecular weight excluding hydrogens is 404 g/mol. The van der Waals surface area contributed by atoms with E-state index in [1.807, 2.05) is 48.1 Å². The first-order valence-corrected chi connectivity index (χ1v) is 10.7. The van der Waals surface area contributed by atoms with Gasteiger partial charge in [-0.1, -0.05) is 13.0 Å². The second-order valence-corrected chi connectivity index (χ2v) is 7.73. The van der Waals surface area contributed by atoms with E-state index in [1.54, 1.807) is 6.20 Å². The van der Waals surface area contributed by atoms with Crippen LogP contribution in [0.1, 0.15) is 41.6 Å². The molecule has 32 heavy (non-hydrogen) atoms. The molecule has 7 heteroatoms. The Labute approximate surface area is 186 Å². The Hall–Kier alpha value is -3.58. The van der Waals surface area contributed by atoms with Gasteiger partial charge in [0.25, 0.3) is 0 Å². The third kappa shape index (κ3) is 4.68. The number of aromatic nitrogens is 4. The minimum Gasteiger partial charge on any atom is -0.481 e. The van der Waals surface area contributed by atoms with Crippen LogP contribution in [0.4, 0.5) is 0 Å². The summed E-state index contributed by atoms with van der Waals surface area (Å²) in [5.41, 5.74) is 7.43. The van der Waals surface area contributed by atoms with Gasteiger partial charge in [0.05, 0.1) is 30.1 Å². The molecule has 0 radical (unpaired) electrons. The van der Waals surface area contributed by atoms with Crippen molar-refractivity contribution >= 4 is 11.5 Å². The molecule has 0 saturated carbocycles. The van der Waals surface area contributed by atoms with Gasteiger partial charge in [-0.15, -0.1) is 0 Å². The summed E-state index contributed by atoms with van der Waals surface area (Å²) in [4.78, 5) is 20.1. The minimum absolute atomic E-state index is 0.0126. The van der Waals surface area contributed by atoms with Gasteiger partial charge in [0, 0.05) is 41.8 Å². The molecule has 0 bridgehead atoms. The molecule has 7 nitrogen and oxygen atoms in total. The molecule has 0 spiro atoms. The van der Waals surface area contributed by atoms with E-state index in [2.05, 4.69) is 29.0 Å². The number of ether oxygens (including phenoxy) is 1. The highest BCUT2D eigenvalue weighted by Gasteiger charge is 2.20. The zero-order chi connectivity index (χ0) is 22.5. The molecule has 0 atom stereocenters. The summed E-state index contributed by atoms with van der Waals surface area (Å²) in [7, 11) is 0. The van der Waals surface area contributed by atoms with E-state index in [4.69, 9.17) is 9.84 Å². The Morgan fingerprint density at radius 2 is 2.03 bits per heavy atom. The molecule has 0 unspecified atom stereocenters. The third-order valence-electron chi connectivity index (χ3n) is 5.39.